The molecule has 0 N–H and O–H groups in total. The van der Waals surface area contributed by atoms with Gasteiger partial charge in [-0.1, -0.05) is 30.3 Å². The average molecular weight is 414 g/mol. The molecule has 10 heteroatoms. The minimum atomic E-state index is -1.08. The molecule has 0 atom stereocenters. The maximum Gasteiger partial charge on any atom is 0.345 e. The highest BCUT2D eigenvalue weighted by Gasteiger charge is 2.32. The third-order valence-corrected chi connectivity index (χ3v) is 4.25. The Hall–Kier alpha value is -3.95. The number of hydrogen-bond acceptors (Lipinski definition) is 8. The van der Waals surface area contributed by atoms with Crippen LogP contribution < -0.4 is 9.64 Å². The van der Waals surface area contributed by atoms with Crippen molar-refractivity contribution in [3.63, 3.8) is 0 Å². The van der Waals surface area contributed by atoms with Gasteiger partial charge in [0.1, 0.15) is 11.3 Å². The normalized spacial score (nSPS) is 12.6. The Bertz CT molecular complexity index is 990. The molecular formula is C20H18N2O8. The minimum Gasteiger partial charge on any atom is -0.482 e. The molecule has 0 bridgehead atoms. The van der Waals surface area contributed by atoms with Gasteiger partial charge in [0, 0.05) is 12.1 Å². The summed E-state index contributed by atoms with van der Waals surface area (Å²) < 4.78 is 14.9. The van der Waals surface area contributed by atoms with E-state index in [-0.39, 0.29) is 37.1 Å². The average Bonchev–Trinajstić information content (AvgIpc) is 2.74. The van der Waals surface area contributed by atoms with Crippen LogP contribution in [0.5, 0.6) is 5.75 Å². The zero-order chi connectivity index (χ0) is 21.7. The molecule has 1 amide bonds. The van der Waals surface area contributed by atoms with Crippen LogP contribution in [0.4, 0.5) is 11.4 Å². The van der Waals surface area contributed by atoms with Crippen molar-refractivity contribution in [1.82, 2.24) is 0 Å². The molecule has 1 aliphatic rings. The highest BCUT2D eigenvalue weighted by Crippen LogP contribution is 2.39. The Balaban J connectivity index is 1.93. The van der Waals surface area contributed by atoms with E-state index in [1.807, 2.05) is 30.3 Å². The Morgan fingerprint density at radius 2 is 1.93 bits per heavy atom. The lowest BCUT2D eigenvalue weighted by Crippen LogP contribution is -2.38. The summed E-state index contributed by atoms with van der Waals surface area (Å²) in [5.74, 6) is -2.10. The van der Waals surface area contributed by atoms with Crippen LogP contribution in [0, 0.1) is 10.1 Å². The molecule has 30 heavy (non-hydrogen) atoms. The summed E-state index contributed by atoms with van der Waals surface area (Å²) in [7, 11) is 0. The first-order valence-corrected chi connectivity index (χ1v) is 9.03. The second-order valence-corrected chi connectivity index (χ2v) is 6.23. The van der Waals surface area contributed by atoms with Gasteiger partial charge in [-0.25, -0.2) is 9.59 Å². The van der Waals surface area contributed by atoms with E-state index in [9.17, 15) is 24.5 Å². The highest BCUT2D eigenvalue weighted by molar-refractivity contribution is 6.01. The van der Waals surface area contributed by atoms with Gasteiger partial charge < -0.3 is 19.1 Å². The first kappa shape index (κ1) is 20.8. The number of esters is 2. The van der Waals surface area contributed by atoms with E-state index in [1.165, 1.54) is 4.90 Å². The van der Waals surface area contributed by atoms with Crippen LogP contribution in [0.1, 0.15) is 22.8 Å². The summed E-state index contributed by atoms with van der Waals surface area (Å²) in [6.45, 7) is 0.914. The molecule has 1 heterocycles. The molecule has 0 aromatic heterocycles. The summed E-state index contributed by atoms with van der Waals surface area (Å²) in [6.07, 6.45) is 0. The van der Waals surface area contributed by atoms with Crippen molar-refractivity contribution in [2.24, 2.45) is 0 Å². The maximum absolute atomic E-state index is 12.4. The Morgan fingerprint density at radius 1 is 1.20 bits per heavy atom. The van der Waals surface area contributed by atoms with Gasteiger partial charge in [-0.3, -0.25) is 14.9 Å². The van der Waals surface area contributed by atoms with E-state index in [1.54, 1.807) is 6.92 Å². The van der Waals surface area contributed by atoms with Gasteiger partial charge in [-0.2, -0.15) is 0 Å². The minimum absolute atomic E-state index is 0.106. The zero-order valence-electron chi connectivity index (χ0n) is 16.0. The number of rotatable bonds is 7. The van der Waals surface area contributed by atoms with Crippen molar-refractivity contribution < 1.29 is 33.5 Å². The largest absolute Gasteiger partial charge is 0.482 e. The highest BCUT2D eigenvalue weighted by atomic mass is 16.6. The number of fused-ring (bicyclic) bond motifs is 1. The molecule has 0 fully saturated rings. The van der Waals surface area contributed by atoms with Gasteiger partial charge in [0.15, 0.2) is 13.2 Å². The third kappa shape index (κ3) is 4.54. The smallest absolute Gasteiger partial charge is 0.345 e. The lowest BCUT2D eigenvalue weighted by Gasteiger charge is -2.29. The molecule has 0 saturated heterocycles. The van der Waals surface area contributed by atoms with Crippen molar-refractivity contribution in [2.45, 2.75) is 13.5 Å². The van der Waals surface area contributed by atoms with Crippen LogP contribution >= 0.6 is 0 Å². The van der Waals surface area contributed by atoms with Gasteiger partial charge in [0.25, 0.3) is 11.6 Å². The predicted octanol–water partition coefficient (Wildman–Crippen LogP) is 2.24. The molecule has 0 radical (unpaired) electrons. The standard InChI is InChI=1S/C20H18N2O8/c1-2-28-19(24)12-30-20(25)14-8-17-16(9-15(14)22(26)27)21(18(23)11-29-17)10-13-6-4-3-5-7-13/h3-9H,2,10-12H2,1H3. The fourth-order valence-electron chi connectivity index (χ4n) is 2.89. The predicted molar refractivity (Wildman–Crippen MR) is 103 cm³/mol. The molecule has 10 nitrogen and oxygen atoms in total. The van der Waals surface area contributed by atoms with E-state index in [4.69, 9.17) is 9.47 Å². The van der Waals surface area contributed by atoms with Crippen molar-refractivity contribution in [3.8, 4) is 5.75 Å². The summed E-state index contributed by atoms with van der Waals surface area (Å²) in [6, 6.07) is 11.3. The van der Waals surface area contributed by atoms with E-state index >= 15 is 0 Å². The van der Waals surface area contributed by atoms with Gasteiger partial charge in [0.05, 0.1) is 23.8 Å². The second-order valence-electron chi connectivity index (χ2n) is 6.23. The number of amides is 1. The number of carbonyl (C=O) groups excluding carboxylic acids is 3. The summed E-state index contributed by atoms with van der Waals surface area (Å²) in [5.41, 5.74) is 0.0269. The summed E-state index contributed by atoms with van der Waals surface area (Å²) in [5, 5.41) is 11.6. The van der Waals surface area contributed by atoms with E-state index in [0.717, 1.165) is 17.7 Å². The Labute approximate surface area is 171 Å². The van der Waals surface area contributed by atoms with E-state index in [2.05, 4.69) is 4.74 Å². The van der Waals surface area contributed by atoms with Crippen LogP contribution in [-0.2, 0) is 25.6 Å². The summed E-state index contributed by atoms with van der Waals surface area (Å²) >= 11 is 0. The zero-order valence-corrected chi connectivity index (χ0v) is 16.0. The van der Waals surface area contributed by atoms with Gasteiger partial charge in [-0.05, 0) is 12.5 Å². The summed E-state index contributed by atoms with van der Waals surface area (Å²) in [4.78, 5) is 48.3. The van der Waals surface area contributed by atoms with Gasteiger partial charge in [-0.15, -0.1) is 0 Å². The number of nitrogens with zero attached hydrogens (tertiary/aromatic N) is 2. The third-order valence-electron chi connectivity index (χ3n) is 4.25. The number of anilines is 1. The Kier molecular flexibility index (Phi) is 6.26. The van der Waals surface area contributed by atoms with Crippen LogP contribution in [-0.4, -0.2) is 42.6 Å². The monoisotopic (exact) mass is 414 g/mol. The van der Waals surface area contributed by atoms with Crippen LogP contribution in [0.2, 0.25) is 0 Å². The number of ether oxygens (including phenoxy) is 3. The van der Waals surface area contributed by atoms with Crippen molar-refractivity contribution in [3.05, 3.63) is 63.7 Å². The Morgan fingerprint density at radius 3 is 2.60 bits per heavy atom. The van der Waals surface area contributed by atoms with Gasteiger partial charge in [0.2, 0.25) is 0 Å². The fourth-order valence-corrected chi connectivity index (χ4v) is 2.89. The molecule has 156 valence electrons. The van der Waals surface area contributed by atoms with Crippen molar-refractivity contribution in [2.75, 3.05) is 24.7 Å². The van der Waals surface area contributed by atoms with E-state index in [0.29, 0.717) is 0 Å². The fraction of sp³-hybridized carbons (Fsp3) is 0.250. The van der Waals surface area contributed by atoms with Crippen LogP contribution in [0.15, 0.2) is 42.5 Å². The molecular weight excluding hydrogens is 396 g/mol. The number of hydrogen-bond donors (Lipinski definition) is 0. The van der Waals surface area contributed by atoms with Crippen molar-refractivity contribution >= 4 is 29.2 Å². The maximum atomic E-state index is 12.4. The molecule has 1 aliphatic heterocycles. The SMILES string of the molecule is CCOC(=O)COC(=O)c1cc2c(cc1[N+](=O)[O-])N(Cc1ccccc1)C(=O)CO2. The molecule has 0 saturated carbocycles. The van der Waals surface area contributed by atoms with E-state index < -0.39 is 34.7 Å². The van der Waals surface area contributed by atoms with Gasteiger partial charge >= 0.3 is 11.9 Å². The first-order valence-electron chi connectivity index (χ1n) is 9.03. The molecule has 0 aliphatic carbocycles. The number of nitro benzene ring substituents is 1. The molecule has 3 rings (SSSR count). The first-order chi connectivity index (χ1) is 14.4. The number of nitro groups is 1. The molecule has 2 aromatic rings. The van der Waals surface area contributed by atoms with Crippen molar-refractivity contribution in [1.29, 1.82) is 0 Å². The quantitative estimate of drug-likeness (QED) is 0.384. The van der Waals surface area contributed by atoms with Crippen LogP contribution in [0.3, 0.4) is 0 Å². The number of carbonyl (C=O) groups is 3. The lowest BCUT2D eigenvalue weighted by atomic mass is 10.1. The second kappa shape index (κ2) is 9.03. The topological polar surface area (TPSA) is 125 Å². The number of benzene rings is 2. The molecule has 0 spiro atoms. The molecule has 2 aromatic carbocycles. The van der Waals surface area contributed by atoms with Crippen LogP contribution in [0.25, 0.3) is 0 Å². The molecule has 0 unspecified atom stereocenters. The lowest BCUT2D eigenvalue weighted by molar-refractivity contribution is -0.385.